The lowest BCUT2D eigenvalue weighted by Gasteiger charge is -2.22. The first-order chi connectivity index (χ1) is 7.17. The molecule has 0 aliphatic carbocycles. The summed E-state index contributed by atoms with van der Waals surface area (Å²) in [5.41, 5.74) is -0.621. The molecule has 0 unspecified atom stereocenters. The third kappa shape index (κ3) is 5.25. The Morgan fingerprint density at radius 2 is 1.88 bits per heavy atom. The van der Waals surface area contributed by atoms with E-state index in [1.807, 2.05) is 0 Å². The van der Waals surface area contributed by atoms with E-state index in [-0.39, 0.29) is 5.91 Å². The van der Waals surface area contributed by atoms with Crippen LogP contribution in [0.4, 0.5) is 4.79 Å². The molecule has 0 saturated carbocycles. The lowest BCUT2D eigenvalue weighted by atomic mass is 10.2. The van der Waals surface area contributed by atoms with Gasteiger partial charge in [0.15, 0.2) is 6.04 Å². The highest BCUT2D eigenvalue weighted by Gasteiger charge is 2.23. The Bertz CT molecular complexity index is 310. The van der Waals surface area contributed by atoms with Gasteiger partial charge in [0.2, 0.25) is 0 Å². The monoisotopic (exact) mass is 226 g/mol. The molecule has 0 bridgehead atoms. The van der Waals surface area contributed by atoms with E-state index >= 15 is 0 Å². The van der Waals surface area contributed by atoms with Crippen LogP contribution in [0.1, 0.15) is 20.8 Å². The summed E-state index contributed by atoms with van der Waals surface area (Å²) < 4.78 is 4.98. The number of carbonyl (C=O) groups excluding carboxylic acids is 2. The zero-order valence-electron chi connectivity index (χ0n) is 10.3. The van der Waals surface area contributed by atoms with E-state index in [1.165, 1.54) is 4.90 Å². The van der Waals surface area contributed by atoms with Crippen LogP contribution >= 0.6 is 0 Å². The number of alkyl carbamates (subject to hydrolysis) is 1. The molecule has 0 aromatic heterocycles. The molecule has 0 spiro atoms. The topological polar surface area (TPSA) is 58.6 Å². The summed E-state index contributed by atoms with van der Waals surface area (Å²) in [6.45, 7) is 5.18. The van der Waals surface area contributed by atoms with Crippen LogP contribution < -0.4 is 5.32 Å². The number of rotatable bonds is 2. The Morgan fingerprint density at radius 1 is 1.38 bits per heavy atom. The third-order valence-corrected chi connectivity index (χ3v) is 1.52. The van der Waals surface area contributed by atoms with E-state index in [0.717, 1.165) is 0 Å². The van der Waals surface area contributed by atoms with Crippen molar-refractivity contribution >= 4 is 12.0 Å². The number of amides is 2. The number of nitrogens with zero attached hydrogens (tertiary/aromatic N) is 1. The Hall–Kier alpha value is -1.70. The van der Waals surface area contributed by atoms with Crippen molar-refractivity contribution in [2.45, 2.75) is 32.4 Å². The van der Waals surface area contributed by atoms with Crippen LogP contribution in [0.15, 0.2) is 0 Å². The zero-order valence-corrected chi connectivity index (χ0v) is 10.3. The van der Waals surface area contributed by atoms with Gasteiger partial charge in [-0.15, -0.1) is 6.42 Å². The van der Waals surface area contributed by atoms with Crippen molar-refractivity contribution in [1.29, 1.82) is 0 Å². The van der Waals surface area contributed by atoms with E-state index in [9.17, 15) is 9.59 Å². The number of nitrogens with one attached hydrogen (secondary N) is 1. The average Bonchev–Trinajstić information content (AvgIpc) is 2.09. The quantitative estimate of drug-likeness (QED) is 0.701. The molecule has 2 amide bonds. The van der Waals surface area contributed by atoms with Crippen molar-refractivity contribution in [3.63, 3.8) is 0 Å². The Morgan fingerprint density at radius 3 is 2.19 bits per heavy atom. The van der Waals surface area contributed by atoms with Gasteiger partial charge in [-0.25, -0.2) is 4.79 Å². The highest BCUT2D eigenvalue weighted by atomic mass is 16.6. The fourth-order valence-electron chi connectivity index (χ4n) is 0.858. The van der Waals surface area contributed by atoms with Gasteiger partial charge in [0.1, 0.15) is 5.60 Å². The molecule has 0 rings (SSSR count). The van der Waals surface area contributed by atoms with E-state index in [4.69, 9.17) is 11.2 Å². The average molecular weight is 226 g/mol. The summed E-state index contributed by atoms with van der Waals surface area (Å²) in [7, 11) is 3.12. The second-order valence-electron chi connectivity index (χ2n) is 4.48. The SMILES string of the molecule is C#C[C@H](NC(=O)OC(C)(C)C)C(=O)N(C)C. The summed E-state index contributed by atoms with van der Waals surface area (Å²) in [5, 5.41) is 2.32. The number of hydrogen-bond donors (Lipinski definition) is 1. The van der Waals surface area contributed by atoms with Crippen LogP contribution in [-0.4, -0.2) is 42.6 Å². The van der Waals surface area contributed by atoms with Crippen molar-refractivity contribution in [2.75, 3.05) is 14.1 Å². The minimum absolute atomic E-state index is 0.367. The second-order valence-corrected chi connectivity index (χ2v) is 4.48. The summed E-state index contributed by atoms with van der Waals surface area (Å²) in [4.78, 5) is 24.2. The van der Waals surface area contributed by atoms with Gasteiger partial charge in [-0.05, 0) is 20.8 Å². The van der Waals surface area contributed by atoms with Crippen molar-refractivity contribution < 1.29 is 14.3 Å². The lowest BCUT2D eigenvalue weighted by molar-refractivity contribution is -0.129. The molecule has 0 aromatic rings. The van der Waals surface area contributed by atoms with Gasteiger partial charge in [0, 0.05) is 14.1 Å². The molecule has 5 heteroatoms. The molecule has 16 heavy (non-hydrogen) atoms. The molecule has 0 radical (unpaired) electrons. The number of ether oxygens (including phenoxy) is 1. The van der Waals surface area contributed by atoms with Crippen LogP contribution in [0.2, 0.25) is 0 Å². The summed E-state index contributed by atoms with van der Waals surface area (Å²) in [5.74, 6) is 1.83. The number of likely N-dealkylation sites (N-methyl/N-ethyl adjacent to an activating group) is 1. The fraction of sp³-hybridized carbons (Fsp3) is 0.636. The molecular weight excluding hydrogens is 208 g/mol. The number of hydrogen-bond acceptors (Lipinski definition) is 3. The van der Waals surface area contributed by atoms with Crippen LogP contribution in [0.5, 0.6) is 0 Å². The van der Waals surface area contributed by atoms with Crippen molar-refractivity contribution in [2.24, 2.45) is 0 Å². The molecular formula is C11H18N2O3. The van der Waals surface area contributed by atoms with Crippen LogP contribution in [0.3, 0.4) is 0 Å². The molecule has 90 valence electrons. The Balaban J connectivity index is 4.42. The van der Waals surface area contributed by atoms with Gasteiger partial charge in [-0.2, -0.15) is 0 Å². The maximum absolute atomic E-state index is 11.5. The maximum Gasteiger partial charge on any atom is 0.409 e. The standard InChI is InChI=1S/C11H18N2O3/c1-7-8(9(14)13(5)6)12-10(15)16-11(2,3)4/h1,8H,2-6H3,(H,12,15)/t8-/m0/s1. The molecule has 0 heterocycles. The van der Waals surface area contributed by atoms with E-state index in [2.05, 4.69) is 11.2 Å². The van der Waals surface area contributed by atoms with E-state index < -0.39 is 17.7 Å². The first-order valence-electron chi connectivity index (χ1n) is 4.84. The molecule has 0 aliphatic heterocycles. The van der Waals surface area contributed by atoms with Crippen molar-refractivity contribution in [1.82, 2.24) is 10.2 Å². The molecule has 0 aromatic carbocycles. The fourth-order valence-corrected chi connectivity index (χ4v) is 0.858. The Kier molecular flexibility index (Phi) is 4.83. The Labute approximate surface area is 96.1 Å². The largest absolute Gasteiger partial charge is 0.444 e. The first-order valence-corrected chi connectivity index (χ1v) is 4.84. The summed E-state index contributed by atoms with van der Waals surface area (Å²) in [6.07, 6.45) is 4.45. The molecule has 1 atom stereocenters. The van der Waals surface area contributed by atoms with Gasteiger partial charge in [-0.1, -0.05) is 5.92 Å². The normalized spacial score (nSPS) is 12.2. The smallest absolute Gasteiger partial charge is 0.409 e. The van der Waals surface area contributed by atoms with E-state index in [0.29, 0.717) is 0 Å². The zero-order chi connectivity index (χ0) is 12.9. The molecule has 5 nitrogen and oxygen atoms in total. The van der Waals surface area contributed by atoms with Crippen LogP contribution in [-0.2, 0) is 9.53 Å². The van der Waals surface area contributed by atoms with E-state index in [1.54, 1.807) is 34.9 Å². The van der Waals surface area contributed by atoms with Gasteiger partial charge < -0.3 is 9.64 Å². The van der Waals surface area contributed by atoms with Gasteiger partial charge in [-0.3, -0.25) is 10.1 Å². The van der Waals surface area contributed by atoms with Crippen molar-refractivity contribution in [3.05, 3.63) is 0 Å². The number of carbonyl (C=O) groups is 2. The van der Waals surface area contributed by atoms with Crippen LogP contribution in [0.25, 0.3) is 0 Å². The summed E-state index contributed by atoms with van der Waals surface area (Å²) in [6, 6.07) is -0.996. The predicted molar refractivity (Wildman–Crippen MR) is 60.7 cm³/mol. The molecule has 0 aliphatic rings. The first kappa shape index (κ1) is 14.3. The maximum atomic E-state index is 11.5. The highest BCUT2D eigenvalue weighted by molar-refractivity contribution is 5.88. The van der Waals surface area contributed by atoms with Gasteiger partial charge in [0.05, 0.1) is 0 Å². The molecule has 0 fully saturated rings. The van der Waals surface area contributed by atoms with Crippen molar-refractivity contribution in [3.8, 4) is 12.3 Å². The minimum atomic E-state index is -0.996. The van der Waals surface area contributed by atoms with Gasteiger partial charge in [0.25, 0.3) is 5.91 Å². The predicted octanol–water partition coefficient (Wildman–Crippen LogP) is 0.601. The molecule has 1 N–H and O–H groups in total. The summed E-state index contributed by atoms with van der Waals surface area (Å²) >= 11 is 0. The number of terminal acetylenes is 1. The minimum Gasteiger partial charge on any atom is -0.444 e. The lowest BCUT2D eigenvalue weighted by Crippen LogP contribution is -2.46. The van der Waals surface area contributed by atoms with Crippen LogP contribution in [0, 0.1) is 12.3 Å². The highest BCUT2D eigenvalue weighted by Crippen LogP contribution is 2.06. The third-order valence-electron chi connectivity index (χ3n) is 1.52. The van der Waals surface area contributed by atoms with Gasteiger partial charge >= 0.3 is 6.09 Å². The second kappa shape index (κ2) is 5.40. The molecule has 0 saturated heterocycles.